The average Bonchev–Trinajstić information content (AvgIpc) is 3.31. The zero-order valence-corrected chi connectivity index (χ0v) is 16.8. The molecule has 5 fully saturated rings. The molecular formula is C22H30N2O2S. The summed E-state index contributed by atoms with van der Waals surface area (Å²) in [7, 11) is 0. The second kappa shape index (κ2) is 6.91. The van der Waals surface area contributed by atoms with Crippen LogP contribution in [0.1, 0.15) is 69.4 Å². The van der Waals surface area contributed by atoms with E-state index in [2.05, 4.69) is 22.1 Å². The maximum atomic E-state index is 13.0. The van der Waals surface area contributed by atoms with Crippen molar-refractivity contribution in [3.63, 3.8) is 0 Å². The van der Waals surface area contributed by atoms with Crippen molar-refractivity contribution in [2.24, 2.45) is 23.2 Å². The molecule has 2 amide bonds. The molecule has 1 aromatic heterocycles. The van der Waals surface area contributed by atoms with E-state index in [0.29, 0.717) is 13.0 Å². The van der Waals surface area contributed by atoms with Crippen LogP contribution < -0.4 is 5.32 Å². The molecule has 1 saturated heterocycles. The van der Waals surface area contributed by atoms with E-state index >= 15 is 0 Å². The van der Waals surface area contributed by atoms with Crippen molar-refractivity contribution in [1.29, 1.82) is 0 Å². The summed E-state index contributed by atoms with van der Waals surface area (Å²) in [6, 6.07) is 2.37. The molecule has 0 radical (unpaired) electrons. The van der Waals surface area contributed by atoms with E-state index in [1.54, 1.807) is 11.3 Å². The Bertz CT molecular complexity index is 679. The summed E-state index contributed by atoms with van der Waals surface area (Å²) in [5.41, 5.74) is 1.16. The first kappa shape index (κ1) is 17.7. The molecule has 4 nitrogen and oxygen atoms in total. The molecule has 4 bridgehead atoms. The summed E-state index contributed by atoms with van der Waals surface area (Å²) in [6.45, 7) is 1.34. The topological polar surface area (TPSA) is 49.4 Å². The van der Waals surface area contributed by atoms with Crippen molar-refractivity contribution in [2.75, 3.05) is 13.1 Å². The fourth-order valence-corrected chi connectivity index (χ4v) is 7.59. The highest BCUT2D eigenvalue weighted by molar-refractivity contribution is 7.08. The zero-order valence-electron chi connectivity index (χ0n) is 16.0. The molecule has 1 unspecified atom stereocenters. The molecule has 4 saturated carbocycles. The third kappa shape index (κ3) is 3.22. The van der Waals surface area contributed by atoms with Gasteiger partial charge in [-0.1, -0.05) is 0 Å². The van der Waals surface area contributed by atoms with Crippen LogP contribution in [0.3, 0.4) is 0 Å². The Morgan fingerprint density at radius 2 is 1.85 bits per heavy atom. The van der Waals surface area contributed by atoms with Gasteiger partial charge >= 0.3 is 0 Å². The summed E-state index contributed by atoms with van der Waals surface area (Å²) in [5, 5.41) is 7.40. The lowest BCUT2D eigenvalue weighted by Gasteiger charge is -2.55. The highest BCUT2D eigenvalue weighted by atomic mass is 32.1. The Morgan fingerprint density at radius 3 is 2.48 bits per heavy atom. The highest BCUT2D eigenvalue weighted by Crippen LogP contribution is 2.60. The summed E-state index contributed by atoms with van der Waals surface area (Å²) in [5.74, 6) is 2.76. The molecule has 1 aromatic rings. The van der Waals surface area contributed by atoms with Gasteiger partial charge in [-0.2, -0.15) is 11.3 Å². The number of rotatable bonds is 5. The monoisotopic (exact) mass is 386 g/mol. The minimum absolute atomic E-state index is 0.106. The van der Waals surface area contributed by atoms with Gasteiger partial charge in [0.2, 0.25) is 11.8 Å². The SMILES string of the molecule is O=C(CCNC(=O)C12CC3CC(CC(C3)C1)C2)N1CCCC1c1ccsc1. The Balaban J connectivity index is 1.16. The first-order chi connectivity index (χ1) is 13.1. The number of nitrogens with one attached hydrogen (secondary N) is 1. The minimum Gasteiger partial charge on any atom is -0.355 e. The van der Waals surface area contributed by atoms with Gasteiger partial charge in [0.05, 0.1) is 6.04 Å². The smallest absolute Gasteiger partial charge is 0.226 e. The van der Waals surface area contributed by atoms with Gasteiger partial charge in [0.25, 0.3) is 0 Å². The van der Waals surface area contributed by atoms with Crippen molar-refractivity contribution in [3.8, 4) is 0 Å². The van der Waals surface area contributed by atoms with Crippen molar-refractivity contribution in [1.82, 2.24) is 10.2 Å². The van der Waals surface area contributed by atoms with Gasteiger partial charge in [0.15, 0.2) is 0 Å². The average molecular weight is 387 g/mol. The number of thiophene rings is 1. The Morgan fingerprint density at radius 1 is 1.15 bits per heavy atom. The first-order valence-electron chi connectivity index (χ1n) is 10.7. The Labute approximate surface area is 165 Å². The van der Waals surface area contributed by atoms with Crippen molar-refractivity contribution in [3.05, 3.63) is 22.4 Å². The number of carbonyl (C=O) groups is 2. The molecule has 0 aromatic carbocycles. The molecule has 146 valence electrons. The molecule has 0 spiro atoms. The minimum atomic E-state index is -0.106. The molecule has 2 heterocycles. The lowest BCUT2D eigenvalue weighted by atomic mass is 9.49. The number of hydrogen-bond acceptors (Lipinski definition) is 3. The lowest BCUT2D eigenvalue weighted by molar-refractivity contribution is -0.146. The van der Waals surface area contributed by atoms with E-state index < -0.39 is 0 Å². The van der Waals surface area contributed by atoms with Crippen LogP contribution in [0.15, 0.2) is 16.8 Å². The third-order valence-corrected chi connectivity index (χ3v) is 8.35. The molecular weight excluding hydrogens is 356 g/mol. The number of hydrogen-bond donors (Lipinski definition) is 1. The Hall–Kier alpha value is -1.36. The molecule has 27 heavy (non-hydrogen) atoms. The summed E-state index contributed by atoms with van der Waals surface area (Å²) < 4.78 is 0. The summed E-state index contributed by atoms with van der Waals surface area (Å²) >= 11 is 1.69. The van der Waals surface area contributed by atoms with E-state index in [9.17, 15) is 9.59 Å². The highest BCUT2D eigenvalue weighted by Gasteiger charge is 2.54. The Kier molecular flexibility index (Phi) is 4.53. The number of amides is 2. The van der Waals surface area contributed by atoms with E-state index in [4.69, 9.17) is 0 Å². The van der Waals surface area contributed by atoms with Crippen molar-refractivity contribution >= 4 is 23.2 Å². The van der Waals surface area contributed by atoms with E-state index in [1.165, 1.54) is 24.8 Å². The van der Waals surface area contributed by atoms with Crippen molar-refractivity contribution < 1.29 is 9.59 Å². The van der Waals surface area contributed by atoms with Gasteiger partial charge < -0.3 is 10.2 Å². The quantitative estimate of drug-likeness (QED) is 0.827. The molecule has 5 aliphatic rings. The predicted molar refractivity (Wildman–Crippen MR) is 106 cm³/mol. The van der Waals surface area contributed by atoms with Crippen LogP contribution in [0.2, 0.25) is 0 Å². The molecule has 1 N–H and O–H groups in total. The second-order valence-corrected chi connectivity index (χ2v) is 10.3. The normalized spacial score (nSPS) is 37.0. The lowest BCUT2D eigenvalue weighted by Crippen LogP contribution is -2.53. The van der Waals surface area contributed by atoms with Crippen LogP contribution in [0.4, 0.5) is 0 Å². The fraction of sp³-hybridized carbons (Fsp3) is 0.727. The molecule has 5 heteroatoms. The van der Waals surface area contributed by atoms with Crippen LogP contribution in [-0.2, 0) is 9.59 Å². The number of likely N-dealkylation sites (tertiary alicyclic amines) is 1. The first-order valence-corrected chi connectivity index (χ1v) is 11.7. The maximum absolute atomic E-state index is 13.0. The number of carbonyl (C=O) groups excluding carboxylic acids is 2. The second-order valence-electron chi connectivity index (χ2n) is 9.51. The van der Waals surface area contributed by atoms with Gasteiger partial charge in [-0.3, -0.25) is 9.59 Å². The third-order valence-electron chi connectivity index (χ3n) is 7.65. The zero-order chi connectivity index (χ0) is 18.4. The summed E-state index contributed by atoms with van der Waals surface area (Å²) in [6.07, 6.45) is 9.88. The molecule has 1 atom stereocenters. The largest absolute Gasteiger partial charge is 0.355 e. The molecule has 1 aliphatic heterocycles. The van der Waals surface area contributed by atoms with Crippen LogP contribution in [-0.4, -0.2) is 29.8 Å². The fourth-order valence-electron chi connectivity index (χ4n) is 6.88. The van der Waals surface area contributed by atoms with Gasteiger partial charge in [0.1, 0.15) is 0 Å². The maximum Gasteiger partial charge on any atom is 0.226 e. The van der Waals surface area contributed by atoms with Crippen molar-refractivity contribution in [2.45, 2.75) is 63.8 Å². The molecule has 6 rings (SSSR count). The van der Waals surface area contributed by atoms with E-state index in [0.717, 1.165) is 56.4 Å². The van der Waals surface area contributed by atoms with Crippen LogP contribution in [0.25, 0.3) is 0 Å². The summed E-state index contributed by atoms with van der Waals surface area (Å²) in [4.78, 5) is 27.8. The van der Waals surface area contributed by atoms with Crippen LogP contribution in [0, 0.1) is 23.2 Å². The van der Waals surface area contributed by atoms with Gasteiger partial charge in [-0.25, -0.2) is 0 Å². The van der Waals surface area contributed by atoms with Gasteiger partial charge in [-0.05, 0) is 91.5 Å². The predicted octanol–water partition coefficient (Wildman–Crippen LogP) is 4.13. The standard InChI is InChI=1S/C22H30N2O2S/c25-20(24-6-1-2-19(24)18-4-7-27-14-18)3-5-23-21(26)22-11-15-8-16(12-22)10-17(9-15)13-22/h4,7,14-17,19H,1-3,5-6,8-13H2,(H,23,26). The van der Waals surface area contributed by atoms with Crippen LogP contribution >= 0.6 is 11.3 Å². The molecule has 4 aliphatic carbocycles. The van der Waals surface area contributed by atoms with Gasteiger partial charge in [0, 0.05) is 24.9 Å². The van der Waals surface area contributed by atoms with Crippen LogP contribution in [0.5, 0.6) is 0 Å². The van der Waals surface area contributed by atoms with E-state index in [-0.39, 0.29) is 23.3 Å². The number of nitrogens with zero attached hydrogens (tertiary/aromatic N) is 1. The van der Waals surface area contributed by atoms with Gasteiger partial charge in [-0.15, -0.1) is 0 Å². The van der Waals surface area contributed by atoms with E-state index in [1.807, 2.05) is 4.90 Å².